The summed E-state index contributed by atoms with van der Waals surface area (Å²) in [5.74, 6) is -1.54. The van der Waals surface area contributed by atoms with Crippen molar-refractivity contribution in [2.45, 2.75) is 45.5 Å². The normalized spacial score (nSPS) is 17.6. The largest absolute Gasteiger partial charge is 0.478 e. The van der Waals surface area contributed by atoms with Gasteiger partial charge in [0.1, 0.15) is 5.60 Å². The van der Waals surface area contributed by atoms with Gasteiger partial charge in [-0.2, -0.15) is 13.2 Å². The molecule has 0 spiro atoms. The molecule has 1 aromatic carbocycles. The number of nitrogens with two attached hydrogens (primary N) is 1. The Morgan fingerprint density at radius 2 is 1.97 bits per heavy atom. The Hall–Kier alpha value is -2.20. The second-order valence-electron chi connectivity index (χ2n) is 8.73. The van der Waals surface area contributed by atoms with Gasteiger partial charge in [0, 0.05) is 26.7 Å². The lowest BCUT2D eigenvalue weighted by Crippen LogP contribution is -2.37. The van der Waals surface area contributed by atoms with Crippen LogP contribution in [0, 0.1) is 5.92 Å². The highest BCUT2D eigenvalue weighted by atomic mass is 35.5. The molecule has 0 saturated carbocycles. The van der Waals surface area contributed by atoms with E-state index in [0.717, 1.165) is 0 Å². The molecule has 31 heavy (non-hydrogen) atoms. The van der Waals surface area contributed by atoms with Crippen LogP contribution in [-0.4, -0.2) is 59.3 Å². The molecule has 1 saturated heterocycles. The fourth-order valence-electron chi connectivity index (χ4n) is 3.52. The maximum Gasteiger partial charge on any atom is 0.416 e. The van der Waals surface area contributed by atoms with Gasteiger partial charge in [0.05, 0.1) is 21.8 Å². The van der Waals surface area contributed by atoms with Crippen molar-refractivity contribution in [1.82, 2.24) is 9.80 Å². The van der Waals surface area contributed by atoms with Crippen molar-refractivity contribution in [1.29, 1.82) is 0 Å². The van der Waals surface area contributed by atoms with E-state index in [-0.39, 0.29) is 18.0 Å². The summed E-state index contributed by atoms with van der Waals surface area (Å²) in [6.45, 7) is 6.50. The van der Waals surface area contributed by atoms with E-state index >= 15 is 0 Å². The van der Waals surface area contributed by atoms with E-state index in [9.17, 15) is 22.8 Å². The van der Waals surface area contributed by atoms with E-state index in [4.69, 9.17) is 27.2 Å². The summed E-state index contributed by atoms with van der Waals surface area (Å²) < 4.78 is 46.1. The first-order chi connectivity index (χ1) is 14.1. The third-order valence-electron chi connectivity index (χ3n) is 4.93. The lowest BCUT2D eigenvalue weighted by Gasteiger charge is -2.26. The highest BCUT2D eigenvalue weighted by Crippen LogP contribution is 2.40. The number of halogens is 4. The lowest BCUT2D eigenvalue weighted by molar-refractivity contribution is -0.138. The number of carbonyl (C=O) groups is 2. The topological polar surface area (TPSA) is 96.1 Å². The van der Waals surface area contributed by atoms with Crippen LogP contribution in [0.25, 0.3) is 0 Å². The summed E-state index contributed by atoms with van der Waals surface area (Å²) in [7, 11) is 1.61. The molecule has 0 bridgehead atoms. The Morgan fingerprint density at radius 3 is 2.48 bits per heavy atom. The number of nitrogens with zero attached hydrogens (tertiary/aromatic N) is 2. The average molecular weight is 466 g/mol. The summed E-state index contributed by atoms with van der Waals surface area (Å²) in [6.07, 6.45) is -4.58. The first-order valence-corrected chi connectivity index (χ1v) is 10.1. The third-order valence-corrected chi connectivity index (χ3v) is 5.36. The zero-order chi connectivity index (χ0) is 23.7. The van der Waals surface area contributed by atoms with Crippen LogP contribution in [0.2, 0.25) is 5.02 Å². The highest BCUT2D eigenvalue weighted by molar-refractivity contribution is 6.34. The van der Waals surface area contributed by atoms with Crippen molar-refractivity contribution >= 4 is 29.4 Å². The number of carbonyl (C=O) groups excluding carboxylic acids is 1. The Morgan fingerprint density at radius 1 is 1.35 bits per heavy atom. The number of alkyl halides is 3. The highest BCUT2D eigenvalue weighted by Gasteiger charge is 2.38. The number of amides is 1. The summed E-state index contributed by atoms with van der Waals surface area (Å²) >= 11 is 6.07. The molecule has 0 radical (unpaired) electrons. The first kappa shape index (κ1) is 25.1. The fourth-order valence-corrected chi connectivity index (χ4v) is 3.79. The number of anilines is 1. The van der Waals surface area contributed by atoms with Gasteiger partial charge in [-0.25, -0.2) is 9.59 Å². The maximum absolute atomic E-state index is 13.6. The molecule has 1 aromatic rings. The minimum absolute atomic E-state index is 0.0428. The number of hydrogen-bond acceptors (Lipinski definition) is 5. The first-order valence-electron chi connectivity index (χ1n) is 9.68. The van der Waals surface area contributed by atoms with Crippen LogP contribution in [0.3, 0.4) is 0 Å². The van der Waals surface area contributed by atoms with Gasteiger partial charge in [-0.3, -0.25) is 4.90 Å². The van der Waals surface area contributed by atoms with Gasteiger partial charge in [0.25, 0.3) is 0 Å². The smallest absolute Gasteiger partial charge is 0.416 e. The van der Waals surface area contributed by atoms with Crippen molar-refractivity contribution < 1.29 is 32.6 Å². The number of nitrogen functional groups attached to an aromatic ring is 1. The summed E-state index contributed by atoms with van der Waals surface area (Å²) in [4.78, 5) is 26.6. The molecule has 11 heteroatoms. The van der Waals surface area contributed by atoms with Crippen molar-refractivity contribution in [3.63, 3.8) is 0 Å². The molecule has 1 amide bonds. The van der Waals surface area contributed by atoms with E-state index in [1.54, 1.807) is 32.7 Å². The van der Waals surface area contributed by atoms with Gasteiger partial charge in [0.2, 0.25) is 0 Å². The Bertz CT molecular complexity index is 856. The van der Waals surface area contributed by atoms with Crippen LogP contribution < -0.4 is 5.73 Å². The van der Waals surface area contributed by atoms with Crippen LogP contribution in [-0.2, 0) is 17.5 Å². The van der Waals surface area contributed by atoms with Crippen LogP contribution in [0.1, 0.15) is 48.7 Å². The lowest BCUT2D eigenvalue weighted by atomic mass is 10.0. The molecular weight excluding hydrogens is 439 g/mol. The average Bonchev–Trinajstić information content (AvgIpc) is 3.03. The Balaban J connectivity index is 2.15. The van der Waals surface area contributed by atoms with Crippen molar-refractivity contribution in [3.05, 3.63) is 27.8 Å². The van der Waals surface area contributed by atoms with E-state index < -0.39 is 45.7 Å². The standard InChI is InChI=1S/C20H27ClF3N3O4/c1-19(2,3)31-18(30)26(4)8-11-5-6-27(9-11)10-13-14(20(22,23)24)7-12(17(28)29)16(25)15(13)21/h7,11H,5-6,8-10,25H2,1-4H3,(H,28,29)/t11-/m1/s1. The number of carboxylic acid groups (broad SMARTS) is 1. The SMILES string of the molecule is CN(C[C@H]1CCN(Cc2c(C(F)(F)F)cc(C(=O)O)c(N)c2Cl)C1)C(=O)OC(C)(C)C. The van der Waals surface area contributed by atoms with Crippen molar-refractivity contribution in [2.24, 2.45) is 5.92 Å². The number of likely N-dealkylation sites (tertiary alicyclic amines) is 1. The van der Waals surface area contributed by atoms with Gasteiger partial charge in [-0.15, -0.1) is 0 Å². The number of ether oxygens (including phenoxy) is 1. The predicted molar refractivity (Wildman–Crippen MR) is 110 cm³/mol. The van der Waals surface area contributed by atoms with Gasteiger partial charge in [-0.05, 0) is 51.3 Å². The maximum atomic E-state index is 13.6. The molecule has 1 atom stereocenters. The monoisotopic (exact) mass is 465 g/mol. The third kappa shape index (κ3) is 6.39. The Labute approximate surface area is 183 Å². The molecule has 1 heterocycles. The number of carboxylic acids is 1. The van der Waals surface area contributed by atoms with Crippen molar-refractivity contribution in [2.75, 3.05) is 32.4 Å². The second-order valence-corrected chi connectivity index (χ2v) is 9.11. The van der Waals surface area contributed by atoms with Gasteiger partial charge in [-0.1, -0.05) is 11.6 Å². The van der Waals surface area contributed by atoms with Crippen LogP contribution >= 0.6 is 11.6 Å². The molecule has 0 aliphatic carbocycles. The van der Waals surface area contributed by atoms with Crippen LogP contribution in [0.4, 0.5) is 23.7 Å². The number of aromatic carboxylic acids is 1. The minimum atomic E-state index is -4.78. The molecular formula is C20H27ClF3N3O4. The zero-order valence-electron chi connectivity index (χ0n) is 17.8. The zero-order valence-corrected chi connectivity index (χ0v) is 18.6. The molecule has 174 valence electrons. The molecule has 2 rings (SSSR count). The molecule has 1 aliphatic rings. The van der Waals surface area contributed by atoms with Gasteiger partial charge < -0.3 is 20.5 Å². The molecule has 0 aromatic heterocycles. The Kier molecular flexibility index (Phi) is 7.37. The van der Waals surface area contributed by atoms with Gasteiger partial charge in [0.15, 0.2) is 0 Å². The molecule has 0 unspecified atom stereocenters. The van der Waals surface area contributed by atoms with E-state index in [1.165, 1.54) is 4.90 Å². The van der Waals surface area contributed by atoms with Crippen molar-refractivity contribution in [3.8, 4) is 0 Å². The number of benzene rings is 1. The predicted octanol–water partition coefficient (Wildman–Crippen LogP) is 4.33. The van der Waals surface area contributed by atoms with E-state index in [1.807, 2.05) is 0 Å². The molecule has 1 aliphatic heterocycles. The second kappa shape index (κ2) is 9.12. The number of hydrogen-bond donors (Lipinski definition) is 2. The summed E-state index contributed by atoms with van der Waals surface area (Å²) in [5, 5.41) is 8.73. The van der Waals surface area contributed by atoms with Crippen LogP contribution in [0.15, 0.2) is 6.07 Å². The van der Waals surface area contributed by atoms with Gasteiger partial charge >= 0.3 is 18.2 Å². The molecule has 3 N–H and O–H groups in total. The van der Waals surface area contributed by atoms with E-state index in [2.05, 4.69) is 0 Å². The molecule has 1 fully saturated rings. The van der Waals surface area contributed by atoms with E-state index in [0.29, 0.717) is 32.1 Å². The summed E-state index contributed by atoms with van der Waals surface area (Å²) in [5.41, 5.74) is 2.63. The fraction of sp³-hybridized carbons (Fsp3) is 0.600. The van der Waals surface area contributed by atoms with Crippen LogP contribution in [0.5, 0.6) is 0 Å². The summed E-state index contributed by atoms with van der Waals surface area (Å²) in [6, 6.07) is 0.530. The number of rotatable bonds is 5. The minimum Gasteiger partial charge on any atom is -0.478 e. The molecule has 7 nitrogen and oxygen atoms in total. The quantitative estimate of drug-likeness (QED) is 0.628.